The van der Waals surface area contributed by atoms with E-state index < -0.39 is 23.3 Å². The molecule has 6 N–H and O–H groups in total. The van der Waals surface area contributed by atoms with Crippen LogP contribution in [-0.4, -0.2) is 47.3 Å². The number of aromatic carboxylic acids is 1. The van der Waals surface area contributed by atoms with Gasteiger partial charge < -0.3 is 40.5 Å². The lowest BCUT2D eigenvalue weighted by molar-refractivity contribution is 0.0224. The molecule has 3 heterocycles. The number of rotatable bonds is 5. The molecule has 7 rings (SSSR count). The van der Waals surface area contributed by atoms with E-state index in [9.17, 15) is 30.0 Å². The Morgan fingerprint density at radius 3 is 1.93 bits per heavy atom. The number of esters is 1. The van der Waals surface area contributed by atoms with Gasteiger partial charge in [-0.1, -0.05) is 6.07 Å². The second kappa shape index (κ2) is 9.74. The molecule has 0 saturated heterocycles. The van der Waals surface area contributed by atoms with Crippen molar-refractivity contribution < 1.29 is 39.5 Å². The summed E-state index contributed by atoms with van der Waals surface area (Å²) in [6, 6.07) is 17.8. The van der Waals surface area contributed by atoms with Crippen LogP contribution in [0.4, 0.5) is 23.3 Å². The topological polar surface area (TPSA) is 196 Å². The number of nitrogens with zero attached hydrogens (tertiary/aromatic N) is 3. The molecule has 1 spiro atoms. The van der Waals surface area contributed by atoms with Crippen LogP contribution >= 0.6 is 11.6 Å². The molecule has 0 radical (unpaired) electrons. The molecule has 0 unspecified atom stereocenters. The van der Waals surface area contributed by atoms with Gasteiger partial charge in [-0.15, -0.1) is 0 Å². The van der Waals surface area contributed by atoms with Gasteiger partial charge in [0.1, 0.15) is 34.3 Å². The number of hydrogen-bond acceptors (Lipinski definition) is 12. The zero-order valence-corrected chi connectivity index (χ0v) is 22.8. The molecule has 0 fully saturated rings. The van der Waals surface area contributed by atoms with Crippen LogP contribution in [0.1, 0.15) is 37.4 Å². The summed E-state index contributed by atoms with van der Waals surface area (Å²) in [5, 5.41) is 44.9. The summed E-state index contributed by atoms with van der Waals surface area (Å²) < 4.78 is 12.1. The van der Waals surface area contributed by atoms with Gasteiger partial charge in [-0.25, -0.2) is 9.59 Å². The quantitative estimate of drug-likeness (QED) is 0.109. The van der Waals surface area contributed by atoms with Gasteiger partial charge in [0.15, 0.2) is 5.60 Å². The Bertz CT molecular complexity index is 2000. The van der Waals surface area contributed by atoms with E-state index in [2.05, 4.69) is 25.6 Å². The molecule has 4 aromatic carbocycles. The molecule has 2 aliphatic rings. The minimum Gasteiger partial charge on any atom is -0.508 e. The summed E-state index contributed by atoms with van der Waals surface area (Å²) in [6.07, 6.45) is 0. The molecule has 14 heteroatoms. The van der Waals surface area contributed by atoms with Crippen LogP contribution in [0.3, 0.4) is 0 Å². The first kappa shape index (κ1) is 26.8. The van der Waals surface area contributed by atoms with Gasteiger partial charge in [-0.2, -0.15) is 15.0 Å². The fourth-order valence-electron chi connectivity index (χ4n) is 5.29. The van der Waals surface area contributed by atoms with E-state index in [1.54, 1.807) is 30.3 Å². The number of ether oxygens (including phenoxy) is 2. The lowest BCUT2D eigenvalue weighted by Gasteiger charge is -2.36. The number of fused-ring (bicyclic) bond motifs is 6. The number of carboxylic acid groups (broad SMARTS) is 1. The molecule has 0 amide bonds. The van der Waals surface area contributed by atoms with Crippen LogP contribution in [0.15, 0.2) is 72.8 Å². The molecular formula is C30H18ClN5O8. The third-order valence-electron chi connectivity index (χ3n) is 7.12. The highest BCUT2D eigenvalue weighted by Gasteiger charge is 2.53. The molecule has 5 aromatic rings. The maximum Gasteiger partial charge on any atom is 0.340 e. The molecule has 1 aromatic heterocycles. The van der Waals surface area contributed by atoms with Gasteiger partial charge in [0.05, 0.1) is 5.56 Å². The van der Waals surface area contributed by atoms with E-state index in [0.717, 1.165) is 0 Å². The average Bonchev–Trinajstić information content (AvgIpc) is 3.25. The van der Waals surface area contributed by atoms with Gasteiger partial charge in [0, 0.05) is 40.2 Å². The predicted octanol–water partition coefficient (Wildman–Crippen LogP) is 5.40. The molecule has 0 saturated carbocycles. The number of aromatic hydroxyl groups is 3. The normalized spacial score (nSPS) is 13.7. The second-order valence-corrected chi connectivity index (χ2v) is 10.2. The van der Waals surface area contributed by atoms with Crippen LogP contribution in [0.25, 0.3) is 0 Å². The Balaban J connectivity index is 1.25. The molecule has 44 heavy (non-hydrogen) atoms. The number of phenols is 3. The van der Waals surface area contributed by atoms with E-state index in [1.807, 2.05) is 0 Å². The van der Waals surface area contributed by atoms with Crippen molar-refractivity contribution in [2.75, 3.05) is 10.6 Å². The van der Waals surface area contributed by atoms with E-state index in [-0.39, 0.29) is 57.0 Å². The third kappa shape index (κ3) is 4.30. The minimum absolute atomic E-state index is 0.0125. The number of anilines is 4. The number of carbonyl (C=O) groups is 2. The molecule has 0 atom stereocenters. The summed E-state index contributed by atoms with van der Waals surface area (Å²) in [6.45, 7) is 0. The minimum atomic E-state index is -1.41. The first-order valence-corrected chi connectivity index (χ1v) is 13.2. The van der Waals surface area contributed by atoms with Crippen molar-refractivity contribution in [3.63, 3.8) is 0 Å². The molecule has 0 aliphatic carbocycles. The highest BCUT2D eigenvalue weighted by Crippen LogP contribution is 2.57. The molecule has 218 valence electrons. The fraction of sp³-hybridized carbons (Fsp3) is 0.0333. The molecule has 2 aliphatic heterocycles. The maximum atomic E-state index is 13.4. The van der Waals surface area contributed by atoms with Crippen molar-refractivity contribution in [3.05, 3.63) is 106 Å². The van der Waals surface area contributed by atoms with Crippen LogP contribution < -0.4 is 15.4 Å². The third-order valence-corrected chi connectivity index (χ3v) is 7.29. The van der Waals surface area contributed by atoms with Gasteiger partial charge >= 0.3 is 11.9 Å². The van der Waals surface area contributed by atoms with E-state index >= 15 is 0 Å². The highest BCUT2D eigenvalue weighted by atomic mass is 35.5. The number of carboxylic acids is 1. The lowest BCUT2D eigenvalue weighted by Crippen LogP contribution is -2.32. The molecule has 13 nitrogen and oxygen atoms in total. The Labute approximate surface area is 252 Å². The average molecular weight is 612 g/mol. The van der Waals surface area contributed by atoms with E-state index in [1.165, 1.54) is 42.5 Å². The largest absolute Gasteiger partial charge is 0.508 e. The summed E-state index contributed by atoms with van der Waals surface area (Å²) in [5.74, 6) is -1.93. The summed E-state index contributed by atoms with van der Waals surface area (Å²) in [4.78, 5) is 37.1. The second-order valence-electron chi connectivity index (χ2n) is 9.83. The smallest absolute Gasteiger partial charge is 0.340 e. The first-order valence-electron chi connectivity index (χ1n) is 12.9. The lowest BCUT2D eigenvalue weighted by atomic mass is 9.77. The van der Waals surface area contributed by atoms with Gasteiger partial charge in [0.25, 0.3) is 0 Å². The Kier molecular flexibility index (Phi) is 5.93. The number of hydrogen-bond donors (Lipinski definition) is 6. The summed E-state index contributed by atoms with van der Waals surface area (Å²) >= 11 is 6.12. The number of carbonyl (C=O) groups excluding carboxylic acids is 1. The molecule has 0 bridgehead atoms. The van der Waals surface area contributed by atoms with Crippen LogP contribution in [-0.2, 0) is 10.3 Å². The van der Waals surface area contributed by atoms with Crippen LogP contribution in [0.2, 0.25) is 5.28 Å². The van der Waals surface area contributed by atoms with Crippen molar-refractivity contribution in [1.82, 2.24) is 15.0 Å². The number of benzene rings is 4. The summed E-state index contributed by atoms with van der Waals surface area (Å²) in [5.41, 5.74) is 0.668. The van der Waals surface area contributed by atoms with Crippen molar-refractivity contribution in [2.24, 2.45) is 0 Å². The predicted molar refractivity (Wildman–Crippen MR) is 154 cm³/mol. The molecular weight excluding hydrogens is 594 g/mol. The Morgan fingerprint density at radius 2 is 1.32 bits per heavy atom. The zero-order chi connectivity index (χ0) is 30.7. The summed E-state index contributed by atoms with van der Waals surface area (Å²) in [7, 11) is 0. The van der Waals surface area contributed by atoms with Gasteiger partial charge in [-0.3, -0.25) is 0 Å². The first-order chi connectivity index (χ1) is 21.1. The number of nitrogens with one attached hydrogen (secondary N) is 2. The number of aromatic nitrogens is 3. The SMILES string of the molecule is O=C(O)c1cc(Nc2nc(Cl)nc(Nc3ccc4c(c3)C(=O)OC43c4ccc(O)cc4Oc4cc(O)ccc43)n2)ccc1O. The van der Waals surface area contributed by atoms with E-state index in [4.69, 9.17) is 21.1 Å². The Hall–Kier alpha value is -6.08. The van der Waals surface area contributed by atoms with Gasteiger partial charge in [-0.05, 0) is 66.2 Å². The van der Waals surface area contributed by atoms with E-state index in [0.29, 0.717) is 22.4 Å². The van der Waals surface area contributed by atoms with Crippen molar-refractivity contribution in [3.8, 4) is 28.7 Å². The Morgan fingerprint density at radius 1 is 0.750 bits per heavy atom. The number of phenolic OH excluding ortho intramolecular Hbond substituents is 2. The maximum absolute atomic E-state index is 13.4. The van der Waals surface area contributed by atoms with Crippen LogP contribution in [0, 0.1) is 0 Å². The number of halogens is 1. The standard InChI is InChI=1S/C30H18ClN5O8/c31-27-34-28(36-29(35-27)33-14-2-8-22(39)18(10-14)25(40)41)32-13-1-5-19-17(9-13)26(42)44-30(19)20-6-3-15(37)11-23(20)43-24-12-16(38)4-7-21(24)30/h1-12,37-39H,(H,40,41)(H2,32,33,34,35,36). The van der Waals surface area contributed by atoms with Crippen LogP contribution in [0.5, 0.6) is 28.7 Å². The highest BCUT2D eigenvalue weighted by molar-refractivity contribution is 6.28. The fourth-order valence-corrected chi connectivity index (χ4v) is 5.45. The zero-order valence-electron chi connectivity index (χ0n) is 22.1. The van der Waals surface area contributed by atoms with Crippen molar-refractivity contribution >= 4 is 46.8 Å². The van der Waals surface area contributed by atoms with Gasteiger partial charge in [0.2, 0.25) is 17.2 Å². The van der Waals surface area contributed by atoms with Crippen molar-refractivity contribution in [2.45, 2.75) is 5.60 Å². The monoisotopic (exact) mass is 611 g/mol. The van der Waals surface area contributed by atoms with Crippen molar-refractivity contribution in [1.29, 1.82) is 0 Å².